The van der Waals surface area contributed by atoms with Crippen LogP contribution < -0.4 is 5.32 Å². The maximum Gasteiger partial charge on any atom is 0.270 e. The first-order valence-electron chi connectivity index (χ1n) is 8.13. The average molecular weight is 422 g/mol. The molecule has 0 fully saturated rings. The summed E-state index contributed by atoms with van der Waals surface area (Å²) in [6.07, 6.45) is 0.441. The fourth-order valence-corrected chi connectivity index (χ4v) is 3.30. The highest BCUT2D eigenvalue weighted by Crippen LogP contribution is 2.26. The van der Waals surface area contributed by atoms with Crippen LogP contribution in [0.3, 0.4) is 0 Å². The molecule has 0 saturated heterocycles. The normalized spacial score (nSPS) is 12.9. The Morgan fingerprint density at radius 3 is 2.46 bits per heavy atom. The Kier molecular flexibility index (Phi) is 5.62. The Hall–Kier alpha value is -2.97. The quantitative estimate of drug-likeness (QED) is 0.438. The van der Waals surface area contributed by atoms with Gasteiger partial charge in [0.15, 0.2) is 0 Å². The molecule has 0 spiro atoms. The van der Waals surface area contributed by atoms with E-state index in [1.807, 2.05) is 0 Å². The van der Waals surface area contributed by atoms with Crippen molar-refractivity contribution in [2.75, 3.05) is 13.1 Å². The van der Waals surface area contributed by atoms with Crippen molar-refractivity contribution in [3.63, 3.8) is 0 Å². The summed E-state index contributed by atoms with van der Waals surface area (Å²) in [5, 5.41) is 14.4. The van der Waals surface area contributed by atoms with Gasteiger partial charge in [0.2, 0.25) is 5.91 Å². The molecule has 1 heterocycles. The molecule has 0 aliphatic carbocycles. The molecular formula is C18H13Cl2N3O5. The first-order chi connectivity index (χ1) is 13.3. The van der Waals surface area contributed by atoms with Gasteiger partial charge in [-0.15, -0.1) is 0 Å². The third-order valence-corrected chi connectivity index (χ3v) is 4.79. The fraction of sp³-hybridized carbons (Fsp3) is 0.167. The van der Waals surface area contributed by atoms with E-state index in [4.69, 9.17) is 23.2 Å². The van der Waals surface area contributed by atoms with Crippen molar-refractivity contribution in [3.8, 4) is 0 Å². The van der Waals surface area contributed by atoms with E-state index in [2.05, 4.69) is 5.32 Å². The first-order valence-corrected chi connectivity index (χ1v) is 8.89. The van der Waals surface area contributed by atoms with E-state index >= 15 is 0 Å². The number of non-ortho nitro benzene ring substituents is 1. The van der Waals surface area contributed by atoms with Crippen LogP contribution in [0.1, 0.15) is 26.3 Å². The SMILES string of the molecule is O=C(CN1C(=O)c2ccc([N+](=O)[O-])cc2C1=O)NCCc1ccc(Cl)cc1Cl. The summed E-state index contributed by atoms with van der Waals surface area (Å²) >= 11 is 11.9. The van der Waals surface area contributed by atoms with Gasteiger partial charge in [0.1, 0.15) is 6.54 Å². The van der Waals surface area contributed by atoms with Crippen LogP contribution in [0, 0.1) is 10.1 Å². The second-order valence-corrected chi connectivity index (χ2v) is 6.86. The minimum atomic E-state index is -0.736. The maximum absolute atomic E-state index is 12.4. The molecule has 1 aliphatic heterocycles. The molecule has 144 valence electrons. The highest BCUT2D eigenvalue weighted by molar-refractivity contribution is 6.35. The predicted molar refractivity (Wildman–Crippen MR) is 102 cm³/mol. The van der Waals surface area contributed by atoms with Gasteiger partial charge >= 0.3 is 0 Å². The van der Waals surface area contributed by atoms with Crippen LogP contribution in [-0.4, -0.2) is 40.6 Å². The van der Waals surface area contributed by atoms with Crippen molar-refractivity contribution in [2.24, 2.45) is 0 Å². The summed E-state index contributed by atoms with van der Waals surface area (Å²) in [7, 11) is 0. The highest BCUT2D eigenvalue weighted by atomic mass is 35.5. The summed E-state index contributed by atoms with van der Waals surface area (Å²) < 4.78 is 0. The lowest BCUT2D eigenvalue weighted by Gasteiger charge is -2.13. The van der Waals surface area contributed by atoms with Crippen LogP contribution in [-0.2, 0) is 11.2 Å². The second-order valence-electron chi connectivity index (χ2n) is 6.02. The van der Waals surface area contributed by atoms with Gasteiger partial charge in [-0.25, -0.2) is 0 Å². The Labute approximate surface area is 169 Å². The number of carbonyl (C=O) groups is 3. The van der Waals surface area contributed by atoms with Crippen molar-refractivity contribution < 1.29 is 19.3 Å². The molecule has 10 heteroatoms. The van der Waals surface area contributed by atoms with Gasteiger partial charge in [-0.05, 0) is 30.2 Å². The van der Waals surface area contributed by atoms with Gasteiger partial charge in [-0.1, -0.05) is 29.3 Å². The summed E-state index contributed by atoms with van der Waals surface area (Å²) in [5.74, 6) is -1.93. The zero-order valence-electron chi connectivity index (χ0n) is 14.3. The number of benzene rings is 2. The number of fused-ring (bicyclic) bond motifs is 1. The highest BCUT2D eigenvalue weighted by Gasteiger charge is 2.37. The number of nitro groups is 1. The number of hydrogen-bond donors (Lipinski definition) is 1. The van der Waals surface area contributed by atoms with Crippen LogP contribution in [0.2, 0.25) is 10.0 Å². The molecule has 0 radical (unpaired) electrons. The molecule has 2 aromatic rings. The number of nitrogens with one attached hydrogen (secondary N) is 1. The molecule has 0 unspecified atom stereocenters. The molecule has 3 rings (SSSR count). The summed E-state index contributed by atoms with van der Waals surface area (Å²) in [6.45, 7) is -0.233. The largest absolute Gasteiger partial charge is 0.354 e. The zero-order valence-corrected chi connectivity index (χ0v) is 15.8. The second kappa shape index (κ2) is 7.95. The summed E-state index contributed by atoms with van der Waals surface area (Å²) in [5.41, 5.74) is 0.446. The molecule has 1 aliphatic rings. The first kappa shape index (κ1) is 19.8. The molecule has 2 aromatic carbocycles. The number of carbonyl (C=O) groups excluding carboxylic acids is 3. The van der Waals surface area contributed by atoms with Gasteiger partial charge in [0.25, 0.3) is 17.5 Å². The van der Waals surface area contributed by atoms with E-state index in [-0.39, 0.29) is 23.4 Å². The lowest BCUT2D eigenvalue weighted by Crippen LogP contribution is -2.40. The third kappa shape index (κ3) is 3.97. The average Bonchev–Trinajstić information content (AvgIpc) is 2.88. The van der Waals surface area contributed by atoms with E-state index in [1.54, 1.807) is 18.2 Å². The maximum atomic E-state index is 12.4. The molecule has 3 amide bonds. The Bertz CT molecular complexity index is 1010. The molecule has 0 atom stereocenters. The van der Waals surface area contributed by atoms with E-state index in [0.717, 1.165) is 22.6 Å². The standard InChI is InChI=1S/C18H13Cl2N3O5/c19-11-2-1-10(15(20)7-11)5-6-21-16(24)9-22-17(25)13-4-3-12(23(27)28)8-14(13)18(22)26/h1-4,7-8H,5-6,9H2,(H,21,24). The van der Waals surface area contributed by atoms with Crippen molar-refractivity contribution in [2.45, 2.75) is 6.42 Å². The van der Waals surface area contributed by atoms with Crippen LogP contribution in [0.4, 0.5) is 5.69 Å². The van der Waals surface area contributed by atoms with E-state index in [0.29, 0.717) is 16.5 Å². The Morgan fingerprint density at radius 2 is 1.79 bits per heavy atom. The molecule has 28 heavy (non-hydrogen) atoms. The summed E-state index contributed by atoms with van der Waals surface area (Å²) in [6, 6.07) is 8.42. The number of rotatable bonds is 6. The minimum absolute atomic E-state index is 0.0383. The predicted octanol–water partition coefficient (Wildman–Crippen LogP) is 2.86. The van der Waals surface area contributed by atoms with Gasteiger partial charge in [0.05, 0.1) is 16.1 Å². The van der Waals surface area contributed by atoms with E-state index in [1.165, 1.54) is 6.07 Å². The lowest BCUT2D eigenvalue weighted by atomic mass is 10.1. The molecule has 0 aromatic heterocycles. The smallest absolute Gasteiger partial charge is 0.270 e. The van der Waals surface area contributed by atoms with Crippen LogP contribution in [0.15, 0.2) is 36.4 Å². The zero-order chi connectivity index (χ0) is 20.4. The van der Waals surface area contributed by atoms with Gasteiger partial charge in [0, 0.05) is 28.7 Å². The van der Waals surface area contributed by atoms with Gasteiger partial charge < -0.3 is 5.32 Å². The van der Waals surface area contributed by atoms with Crippen LogP contribution >= 0.6 is 23.2 Å². The molecule has 0 saturated carbocycles. The number of nitrogens with zero attached hydrogens (tertiary/aromatic N) is 2. The van der Waals surface area contributed by atoms with Crippen molar-refractivity contribution in [1.82, 2.24) is 10.2 Å². The van der Waals surface area contributed by atoms with Crippen molar-refractivity contribution in [3.05, 3.63) is 73.2 Å². The van der Waals surface area contributed by atoms with Crippen LogP contribution in [0.25, 0.3) is 0 Å². The molecule has 1 N–H and O–H groups in total. The monoisotopic (exact) mass is 421 g/mol. The molecule has 8 nitrogen and oxygen atoms in total. The molecular weight excluding hydrogens is 409 g/mol. The summed E-state index contributed by atoms with van der Waals surface area (Å²) in [4.78, 5) is 47.8. The lowest BCUT2D eigenvalue weighted by molar-refractivity contribution is -0.384. The third-order valence-electron chi connectivity index (χ3n) is 4.20. The van der Waals surface area contributed by atoms with Gasteiger partial charge in [-0.3, -0.25) is 29.4 Å². The number of nitro benzene ring substituents is 1. The topological polar surface area (TPSA) is 110 Å². The number of halogens is 2. The Morgan fingerprint density at radius 1 is 1.07 bits per heavy atom. The molecule has 0 bridgehead atoms. The number of hydrogen-bond acceptors (Lipinski definition) is 5. The van der Waals surface area contributed by atoms with E-state index in [9.17, 15) is 24.5 Å². The van der Waals surface area contributed by atoms with E-state index < -0.39 is 29.2 Å². The Balaban J connectivity index is 1.60. The number of imide groups is 1. The van der Waals surface area contributed by atoms with Crippen molar-refractivity contribution in [1.29, 1.82) is 0 Å². The fourth-order valence-electron chi connectivity index (χ4n) is 2.80. The minimum Gasteiger partial charge on any atom is -0.354 e. The number of amides is 3. The van der Waals surface area contributed by atoms with Gasteiger partial charge in [-0.2, -0.15) is 0 Å². The van der Waals surface area contributed by atoms with Crippen molar-refractivity contribution >= 4 is 46.6 Å². The van der Waals surface area contributed by atoms with Crippen LogP contribution in [0.5, 0.6) is 0 Å².